The van der Waals surface area contributed by atoms with Gasteiger partial charge in [-0.2, -0.15) is 5.10 Å². The number of hydrogen-bond donors (Lipinski definition) is 1. The fraction of sp³-hybridized carbons (Fsp3) is 0.625. The number of aromatic nitrogens is 3. The Balaban J connectivity index is 1.64. The molecule has 1 unspecified atom stereocenters. The van der Waals surface area contributed by atoms with E-state index in [1.54, 1.807) is 11.3 Å². The van der Waals surface area contributed by atoms with Crippen LogP contribution in [-0.4, -0.2) is 21.3 Å². The van der Waals surface area contributed by atoms with Crippen molar-refractivity contribution in [3.8, 4) is 0 Å². The molecule has 1 atom stereocenters. The Hall–Kier alpha value is -1.36. The SMILES string of the molecule is c1csc(C2CCNc3cc(C4CCCCCC4)nn32)n1. The van der Waals surface area contributed by atoms with Crippen LogP contribution in [0.15, 0.2) is 17.6 Å². The summed E-state index contributed by atoms with van der Waals surface area (Å²) in [5, 5.41) is 11.7. The van der Waals surface area contributed by atoms with E-state index in [0.717, 1.165) is 13.0 Å². The molecule has 0 aromatic carbocycles. The Morgan fingerprint density at radius 3 is 2.76 bits per heavy atom. The molecule has 2 aromatic heterocycles. The first-order valence-electron chi connectivity index (χ1n) is 8.14. The van der Waals surface area contributed by atoms with Crippen LogP contribution >= 0.6 is 11.3 Å². The quantitative estimate of drug-likeness (QED) is 0.846. The molecule has 1 aliphatic carbocycles. The van der Waals surface area contributed by atoms with Gasteiger partial charge in [0.05, 0.1) is 5.69 Å². The first-order chi connectivity index (χ1) is 10.4. The minimum absolute atomic E-state index is 0.320. The Morgan fingerprint density at radius 1 is 1.14 bits per heavy atom. The minimum atomic E-state index is 0.320. The highest BCUT2D eigenvalue weighted by atomic mass is 32.1. The van der Waals surface area contributed by atoms with Gasteiger partial charge in [0, 0.05) is 30.1 Å². The van der Waals surface area contributed by atoms with Gasteiger partial charge in [-0.15, -0.1) is 11.3 Å². The van der Waals surface area contributed by atoms with Crippen molar-refractivity contribution in [3.63, 3.8) is 0 Å². The average Bonchev–Trinajstić information content (AvgIpc) is 3.10. The molecule has 0 spiro atoms. The van der Waals surface area contributed by atoms with Crippen molar-refractivity contribution in [3.05, 3.63) is 28.3 Å². The molecule has 1 fully saturated rings. The highest BCUT2D eigenvalue weighted by Gasteiger charge is 2.27. The number of rotatable bonds is 2. The van der Waals surface area contributed by atoms with Crippen LogP contribution in [0.25, 0.3) is 0 Å². The Kier molecular flexibility index (Phi) is 3.67. The smallest absolute Gasteiger partial charge is 0.125 e. The first-order valence-corrected chi connectivity index (χ1v) is 9.02. The molecule has 3 heterocycles. The third-order valence-electron chi connectivity index (χ3n) is 4.78. The van der Waals surface area contributed by atoms with Crippen LogP contribution in [0.5, 0.6) is 0 Å². The normalized spacial score (nSPS) is 23.3. The van der Waals surface area contributed by atoms with Crippen molar-refractivity contribution >= 4 is 17.2 Å². The van der Waals surface area contributed by atoms with Crippen LogP contribution in [0.2, 0.25) is 0 Å². The van der Waals surface area contributed by atoms with E-state index in [2.05, 4.69) is 26.4 Å². The molecular formula is C16H22N4S. The second-order valence-corrected chi connectivity index (χ2v) is 7.12. The van der Waals surface area contributed by atoms with E-state index < -0.39 is 0 Å². The molecule has 0 amide bonds. The Morgan fingerprint density at radius 2 is 2.00 bits per heavy atom. The number of nitrogens with zero attached hydrogens (tertiary/aromatic N) is 3. The highest BCUT2D eigenvalue weighted by molar-refractivity contribution is 7.09. The fourth-order valence-electron chi connectivity index (χ4n) is 3.64. The van der Waals surface area contributed by atoms with Crippen molar-refractivity contribution in [2.45, 2.75) is 56.9 Å². The number of hydrogen-bond acceptors (Lipinski definition) is 4. The molecule has 0 radical (unpaired) electrons. The van der Waals surface area contributed by atoms with Crippen LogP contribution in [0, 0.1) is 0 Å². The lowest BCUT2D eigenvalue weighted by molar-refractivity contribution is 0.466. The van der Waals surface area contributed by atoms with Gasteiger partial charge >= 0.3 is 0 Å². The summed E-state index contributed by atoms with van der Waals surface area (Å²) < 4.78 is 2.18. The number of fused-ring (bicyclic) bond motifs is 1. The maximum Gasteiger partial charge on any atom is 0.125 e. The summed E-state index contributed by atoms with van der Waals surface area (Å²) in [5.74, 6) is 1.84. The summed E-state index contributed by atoms with van der Waals surface area (Å²) in [4.78, 5) is 4.51. The van der Waals surface area contributed by atoms with Gasteiger partial charge in [-0.1, -0.05) is 25.7 Å². The van der Waals surface area contributed by atoms with Gasteiger partial charge in [0.2, 0.25) is 0 Å². The zero-order chi connectivity index (χ0) is 14.1. The summed E-state index contributed by atoms with van der Waals surface area (Å²) in [7, 11) is 0. The van der Waals surface area contributed by atoms with Gasteiger partial charge in [-0.05, 0) is 19.3 Å². The van der Waals surface area contributed by atoms with Gasteiger partial charge < -0.3 is 5.32 Å². The summed E-state index contributed by atoms with van der Waals surface area (Å²) in [6.07, 6.45) is 11.1. The molecule has 0 saturated heterocycles. The van der Waals surface area contributed by atoms with Crippen molar-refractivity contribution in [1.82, 2.24) is 14.8 Å². The third-order valence-corrected chi connectivity index (χ3v) is 5.66. The summed E-state index contributed by atoms with van der Waals surface area (Å²) in [6, 6.07) is 2.61. The van der Waals surface area contributed by atoms with Crippen molar-refractivity contribution in [1.29, 1.82) is 0 Å². The third kappa shape index (κ3) is 2.59. The Labute approximate surface area is 129 Å². The standard InChI is InChI=1S/C16H22N4S/c1-2-4-6-12(5-3-1)13-11-15-17-8-7-14(20(15)19-13)16-18-9-10-21-16/h9-12,14,17H,1-8H2. The van der Waals surface area contributed by atoms with E-state index in [9.17, 15) is 0 Å². The monoisotopic (exact) mass is 302 g/mol. The average molecular weight is 302 g/mol. The van der Waals surface area contributed by atoms with Crippen molar-refractivity contribution < 1.29 is 0 Å². The molecule has 1 aliphatic heterocycles. The number of anilines is 1. The molecule has 2 aliphatic rings. The van der Waals surface area contributed by atoms with E-state index in [4.69, 9.17) is 5.10 Å². The van der Waals surface area contributed by atoms with Gasteiger partial charge in [0.1, 0.15) is 16.9 Å². The maximum absolute atomic E-state index is 4.97. The Bertz CT molecular complexity index is 581. The largest absolute Gasteiger partial charge is 0.370 e. The summed E-state index contributed by atoms with van der Waals surface area (Å²) >= 11 is 1.74. The van der Waals surface area contributed by atoms with E-state index in [1.807, 2.05) is 6.20 Å². The molecular weight excluding hydrogens is 280 g/mol. The lowest BCUT2D eigenvalue weighted by Gasteiger charge is -2.23. The molecule has 0 bridgehead atoms. The number of nitrogens with one attached hydrogen (secondary N) is 1. The van der Waals surface area contributed by atoms with Crippen LogP contribution in [0.1, 0.15) is 67.6 Å². The van der Waals surface area contributed by atoms with E-state index in [0.29, 0.717) is 12.0 Å². The van der Waals surface area contributed by atoms with Gasteiger partial charge in [0.25, 0.3) is 0 Å². The predicted molar refractivity (Wildman–Crippen MR) is 86.0 cm³/mol. The second kappa shape index (κ2) is 5.79. The lowest BCUT2D eigenvalue weighted by atomic mass is 9.97. The fourth-order valence-corrected chi connectivity index (χ4v) is 4.40. The predicted octanol–water partition coefficient (Wildman–Crippen LogP) is 4.18. The minimum Gasteiger partial charge on any atom is -0.370 e. The van der Waals surface area contributed by atoms with Crippen molar-refractivity contribution in [2.75, 3.05) is 11.9 Å². The van der Waals surface area contributed by atoms with E-state index >= 15 is 0 Å². The topological polar surface area (TPSA) is 42.7 Å². The molecule has 1 N–H and O–H groups in total. The first kappa shape index (κ1) is 13.3. The molecule has 4 rings (SSSR count). The number of thiazole rings is 1. The van der Waals surface area contributed by atoms with Crippen LogP contribution in [0.4, 0.5) is 5.82 Å². The molecule has 2 aromatic rings. The van der Waals surface area contributed by atoms with Gasteiger partial charge in [-0.25, -0.2) is 9.67 Å². The lowest BCUT2D eigenvalue weighted by Crippen LogP contribution is -2.24. The molecule has 5 heteroatoms. The van der Waals surface area contributed by atoms with Gasteiger partial charge in [0.15, 0.2) is 0 Å². The second-order valence-electron chi connectivity index (χ2n) is 6.19. The highest BCUT2D eigenvalue weighted by Crippen LogP contribution is 2.36. The van der Waals surface area contributed by atoms with Crippen LogP contribution in [0.3, 0.4) is 0 Å². The molecule has 112 valence electrons. The van der Waals surface area contributed by atoms with E-state index in [-0.39, 0.29) is 0 Å². The summed E-state index contributed by atoms with van der Waals surface area (Å²) in [5.41, 5.74) is 1.29. The van der Waals surface area contributed by atoms with E-state index in [1.165, 1.54) is 55.0 Å². The molecule has 4 nitrogen and oxygen atoms in total. The summed E-state index contributed by atoms with van der Waals surface area (Å²) in [6.45, 7) is 1.01. The maximum atomic E-state index is 4.97. The molecule has 21 heavy (non-hydrogen) atoms. The van der Waals surface area contributed by atoms with Crippen LogP contribution < -0.4 is 5.32 Å². The van der Waals surface area contributed by atoms with Crippen LogP contribution in [-0.2, 0) is 0 Å². The van der Waals surface area contributed by atoms with Crippen molar-refractivity contribution in [2.24, 2.45) is 0 Å². The zero-order valence-corrected chi connectivity index (χ0v) is 13.1. The molecule has 1 saturated carbocycles. The van der Waals surface area contributed by atoms with Gasteiger partial charge in [-0.3, -0.25) is 0 Å². The zero-order valence-electron chi connectivity index (χ0n) is 12.3.